The molecule has 2 amide bonds. The Morgan fingerprint density at radius 3 is 2.37 bits per heavy atom. The van der Waals surface area contributed by atoms with Gasteiger partial charge < -0.3 is 15.0 Å². The second-order valence-corrected chi connectivity index (χ2v) is 7.13. The molecule has 1 saturated heterocycles. The van der Waals surface area contributed by atoms with E-state index in [0.717, 1.165) is 16.7 Å². The van der Waals surface area contributed by atoms with Crippen molar-refractivity contribution in [3.8, 4) is 0 Å². The summed E-state index contributed by atoms with van der Waals surface area (Å²) in [6, 6.07) is 16.1. The van der Waals surface area contributed by atoms with Crippen molar-refractivity contribution in [3.05, 3.63) is 70.8 Å². The monoisotopic (exact) mass is 366 g/mol. The van der Waals surface area contributed by atoms with E-state index >= 15 is 0 Å². The molecule has 1 aliphatic heterocycles. The zero-order valence-corrected chi connectivity index (χ0v) is 15.9. The van der Waals surface area contributed by atoms with E-state index in [4.69, 9.17) is 4.74 Å². The molecule has 0 bridgehead atoms. The van der Waals surface area contributed by atoms with Crippen molar-refractivity contribution in [1.82, 2.24) is 10.2 Å². The number of nitrogens with zero attached hydrogens (tertiary/aromatic N) is 1. The summed E-state index contributed by atoms with van der Waals surface area (Å²) in [5.41, 5.74) is 4.41. The minimum Gasteiger partial charge on any atom is -0.380 e. The normalized spacial score (nSPS) is 16.6. The molecular formula is C22H26N2O3. The van der Waals surface area contributed by atoms with Crippen LogP contribution in [0.3, 0.4) is 0 Å². The molecule has 2 aromatic carbocycles. The highest BCUT2D eigenvalue weighted by molar-refractivity contribution is 5.89. The van der Waals surface area contributed by atoms with Gasteiger partial charge in [-0.05, 0) is 23.6 Å². The highest BCUT2D eigenvalue weighted by atomic mass is 16.5. The SMILES string of the molecule is COCc1ccc(CNC(=O)C2CC(=O)N(Cc3ccc(C)cc3)C2)cc1. The molecule has 1 atom stereocenters. The van der Waals surface area contributed by atoms with Crippen LogP contribution >= 0.6 is 0 Å². The molecule has 1 fully saturated rings. The van der Waals surface area contributed by atoms with Crippen LogP contribution in [0.25, 0.3) is 0 Å². The molecule has 3 rings (SSSR count). The fraction of sp³-hybridized carbons (Fsp3) is 0.364. The number of carbonyl (C=O) groups is 2. The third kappa shape index (κ3) is 5.17. The van der Waals surface area contributed by atoms with Crippen LogP contribution in [0.4, 0.5) is 0 Å². The lowest BCUT2D eigenvalue weighted by atomic mass is 10.1. The number of hydrogen-bond acceptors (Lipinski definition) is 3. The van der Waals surface area contributed by atoms with Crippen molar-refractivity contribution in [2.75, 3.05) is 13.7 Å². The third-order valence-electron chi connectivity index (χ3n) is 4.88. The standard InChI is InChI=1S/C22H26N2O3/c1-16-3-5-18(6-4-16)13-24-14-20(11-21(24)25)22(26)23-12-17-7-9-19(10-8-17)15-27-2/h3-10,20H,11-15H2,1-2H3,(H,23,26). The summed E-state index contributed by atoms with van der Waals surface area (Å²) in [5.74, 6) is -0.300. The van der Waals surface area contributed by atoms with Gasteiger partial charge in [-0.1, -0.05) is 54.1 Å². The maximum absolute atomic E-state index is 12.5. The number of methoxy groups -OCH3 is 1. The van der Waals surface area contributed by atoms with E-state index in [1.54, 1.807) is 12.0 Å². The summed E-state index contributed by atoms with van der Waals surface area (Å²) in [6.45, 7) is 4.12. The highest BCUT2D eigenvalue weighted by Gasteiger charge is 2.34. The summed E-state index contributed by atoms with van der Waals surface area (Å²) in [5, 5.41) is 2.96. The van der Waals surface area contributed by atoms with Gasteiger partial charge >= 0.3 is 0 Å². The van der Waals surface area contributed by atoms with Gasteiger partial charge in [-0.15, -0.1) is 0 Å². The zero-order valence-electron chi connectivity index (χ0n) is 15.9. The number of likely N-dealkylation sites (tertiary alicyclic amines) is 1. The predicted molar refractivity (Wildman–Crippen MR) is 104 cm³/mol. The molecule has 0 spiro atoms. The summed E-state index contributed by atoms with van der Waals surface area (Å²) >= 11 is 0. The van der Waals surface area contributed by atoms with Gasteiger partial charge in [0.2, 0.25) is 11.8 Å². The Labute approximate surface area is 160 Å². The van der Waals surface area contributed by atoms with E-state index in [1.165, 1.54) is 5.56 Å². The average molecular weight is 366 g/mol. The molecule has 0 radical (unpaired) electrons. The number of rotatable bonds is 7. The fourth-order valence-corrected chi connectivity index (χ4v) is 3.27. The molecule has 5 heteroatoms. The molecule has 0 saturated carbocycles. The van der Waals surface area contributed by atoms with Crippen LogP contribution in [0.5, 0.6) is 0 Å². The Hall–Kier alpha value is -2.66. The van der Waals surface area contributed by atoms with E-state index in [0.29, 0.717) is 26.2 Å². The first-order chi connectivity index (χ1) is 13.0. The van der Waals surface area contributed by atoms with Gasteiger partial charge in [-0.3, -0.25) is 9.59 Å². The largest absolute Gasteiger partial charge is 0.380 e. The maximum Gasteiger partial charge on any atom is 0.225 e. The van der Waals surface area contributed by atoms with Gasteiger partial charge in [-0.25, -0.2) is 0 Å². The van der Waals surface area contributed by atoms with Crippen molar-refractivity contribution in [2.24, 2.45) is 5.92 Å². The second kappa shape index (κ2) is 8.82. The topological polar surface area (TPSA) is 58.6 Å². The maximum atomic E-state index is 12.5. The Morgan fingerprint density at radius 2 is 1.70 bits per heavy atom. The Morgan fingerprint density at radius 1 is 1.07 bits per heavy atom. The van der Waals surface area contributed by atoms with Gasteiger partial charge in [0.15, 0.2) is 0 Å². The van der Waals surface area contributed by atoms with Gasteiger partial charge in [0.1, 0.15) is 0 Å². The lowest BCUT2D eigenvalue weighted by molar-refractivity contribution is -0.129. The lowest BCUT2D eigenvalue weighted by Gasteiger charge is -2.17. The quantitative estimate of drug-likeness (QED) is 0.820. The molecule has 0 aliphatic carbocycles. The first-order valence-electron chi connectivity index (χ1n) is 9.23. The number of benzene rings is 2. The molecule has 1 unspecified atom stereocenters. The molecule has 1 aliphatic rings. The van der Waals surface area contributed by atoms with Crippen LogP contribution in [-0.4, -0.2) is 30.4 Å². The van der Waals surface area contributed by atoms with Gasteiger partial charge in [-0.2, -0.15) is 0 Å². The van der Waals surface area contributed by atoms with Crippen LogP contribution in [0, 0.1) is 12.8 Å². The van der Waals surface area contributed by atoms with Crippen LogP contribution in [0.2, 0.25) is 0 Å². The Balaban J connectivity index is 1.50. The number of aryl methyl sites for hydroxylation is 1. The van der Waals surface area contributed by atoms with Crippen molar-refractivity contribution in [2.45, 2.75) is 33.0 Å². The first kappa shape index (κ1) is 19.1. The molecule has 2 aromatic rings. The Kier molecular flexibility index (Phi) is 6.24. The van der Waals surface area contributed by atoms with Crippen LogP contribution < -0.4 is 5.32 Å². The molecule has 0 aromatic heterocycles. The van der Waals surface area contributed by atoms with E-state index in [1.807, 2.05) is 55.5 Å². The highest BCUT2D eigenvalue weighted by Crippen LogP contribution is 2.21. The van der Waals surface area contributed by atoms with Gasteiger partial charge in [0.05, 0.1) is 12.5 Å². The molecule has 142 valence electrons. The summed E-state index contributed by atoms with van der Waals surface area (Å²) in [6.07, 6.45) is 0.282. The number of amides is 2. The predicted octanol–water partition coefficient (Wildman–Crippen LogP) is 2.81. The number of nitrogens with one attached hydrogen (secondary N) is 1. The van der Waals surface area contributed by atoms with Crippen LogP contribution in [0.1, 0.15) is 28.7 Å². The smallest absolute Gasteiger partial charge is 0.225 e. The van der Waals surface area contributed by atoms with Crippen LogP contribution in [0.15, 0.2) is 48.5 Å². The van der Waals surface area contributed by atoms with Crippen molar-refractivity contribution in [3.63, 3.8) is 0 Å². The number of hydrogen-bond donors (Lipinski definition) is 1. The molecular weight excluding hydrogens is 340 g/mol. The minimum absolute atomic E-state index is 0.0413. The molecule has 27 heavy (non-hydrogen) atoms. The summed E-state index contributed by atoms with van der Waals surface area (Å²) < 4.78 is 5.10. The average Bonchev–Trinajstić information content (AvgIpc) is 3.04. The number of carbonyl (C=O) groups excluding carboxylic acids is 2. The van der Waals surface area contributed by atoms with Crippen LogP contribution in [-0.2, 0) is 34.0 Å². The van der Waals surface area contributed by atoms with E-state index in [9.17, 15) is 9.59 Å². The van der Waals surface area contributed by atoms with E-state index in [2.05, 4.69) is 5.32 Å². The molecule has 1 heterocycles. The minimum atomic E-state index is -0.282. The van der Waals surface area contributed by atoms with E-state index < -0.39 is 0 Å². The zero-order chi connectivity index (χ0) is 19.2. The van der Waals surface area contributed by atoms with Crippen molar-refractivity contribution < 1.29 is 14.3 Å². The second-order valence-electron chi connectivity index (χ2n) is 7.13. The van der Waals surface area contributed by atoms with Gasteiger partial charge in [0, 0.05) is 33.2 Å². The van der Waals surface area contributed by atoms with Crippen molar-refractivity contribution >= 4 is 11.8 Å². The van der Waals surface area contributed by atoms with Crippen molar-refractivity contribution in [1.29, 1.82) is 0 Å². The van der Waals surface area contributed by atoms with Gasteiger partial charge in [0.25, 0.3) is 0 Å². The summed E-state index contributed by atoms with van der Waals surface area (Å²) in [7, 11) is 1.67. The summed E-state index contributed by atoms with van der Waals surface area (Å²) in [4.78, 5) is 26.5. The number of ether oxygens (including phenoxy) is 1. The lowest BCUT2D eigenvalue weighted by Crippen LogP contribution is -2.32. The molecule has 1 N–H and O–H groups in total. The van der Waals surface area contributed by atoms with E-state index in [-0.39, 0.29) is 24.2 Å². The molecule has 5 nitrogen and oxygen atoms in total. The first-order valence-corrected chi connectivity index (χ1v) is 9.23. The Bertz CT molecular complexity index is 784. The third-order valence-corrected chi connectivity index (χ3v) is 4.88. The fourth-order valence-electron chi connectivity index (χ4n) is 3.27.